The molecule has 1 aliphatic rings. The van der Waals surface area contributed by atoms with Gasteiger partial charge in [0, 0.05) is 17.1 Å². The summed E-state index contributed by atoms with van der Waals surface area (Å²) in [5, 5.41) is 4.22. The lowest BCUT2D eigenvalue weighted by atomic mass is 10.1. The molecule has 0 saturated carbocycles. The van der Waals surface area contributed by atoms with Gasteiger partial charge in [-0.05, 0) is 36.7 Å². The molecule has 3 rings (SSSR count). The van der Waals surface area contributed by atoms with Gasteiger partial charge in [0.2, 0.25) is 0 Å². The minimum absolute atomic E-state index is 0.620. The van der Waals surface area contributed by atoms with Crippen LogP contribution in [0.4, 0.5) is 0 Å². The molecule has 2 aromatic carbocycles. The van der Waals surface area contributed by atoms with Crippen molar-refractivity contribution in [1.29, 1.82) is 0 Å². The van der Waals surface area contributed by atoms with Crippen molar-refractivity contribution < 1.29 is 9.47 Å². The highest BCUT2D eigenvalue weighted by molar-refractivity contribution is 6.30. The molecular formula is C17H18ClNO2. The molecular weight excluding hydrogens is 286 g/mol. The van der Waals surface area contributed by atoms with E-state index in [2.05, 4.69) is 23.5 Å². The van der Waals surface area contributed by atoms with Crippen molar-refractivity contribution in [2.45, 2.75) is 13.0 Å². The second-order valence-electron chi connectivity index (χ2n) is 4.99. The van der Waals surface area contributed by atoms with E-state index in [0.717, 1.165) is 41.6 Å². The lowest BCUT2D eigenvalue weighted by Crippen LogP contribution is -2.20. The highest BCUT2D eigenvalue weighted by atomic mass is 35.5. The number of para-hydroxylation sites is 1. The third-order valence-corrected chi connectivity index (χ3v) is 3.72. The fourth-order valence-corrected chi connectivity index (χ4v) is 2.51. The molecule has 0 atom stereocenters. The summed E-state index contributed by atoms with van der Waals surface area (Å²) in [6, 6.07) is 14.0. The van der Waals surface area contributed by atoms with Gasteiger partial charge >= 0.3 is 0 Å². The molecule has 2 aromatic rings. The largest absolute Gasteiger partial charge is 0.486 e. The number of hydrogen-bond acceptors (Lipinski definition) is 3. The van der Waals surface area contributed by atoms with E-state index in [1.807, 2.05) is 24.3 Å². The molecule has 3 nitrogen and oxygen atoms in total. The van der Waals surface area contributed by atoms with Crippen LogP contribution in [0.15, 0.2) is 42.5 Å². The van der Waals surface area contributed by atoms with Gasteiger partial charge in [-0.3, -0.25) is 0 Å². The first-order valence-corrected chi connectivity index (χ1v) is 7.53. The average Bonchev–Trinajstić information content (AvgIpc) is 2.53. The Morgan fingerprint density at radius 2 is 1.81 bits per heavy atom. The molecule has 0 fully saturated rings. The normalized spacial score (nSPS) is 13.2. The number of ether oxygens (including phenoxy) is 2. The van der Waals surface area contributed by atoms with Gasteiger partial charge in [0.15, 0.2) is 11.5 Å². The third kappa shape index (κ3) is 3.69. The van der Waals surface area contributed by atoms with Gasteiger partial charge in [-0.1, -0.05) is 35.9 Å². The molecule has 1 aliphatic heterocycles. The smallest absolute Gasteiger partial charge is 0.165 e. The second kappa shape index (κ2) is 6.83. The number of rotatable bonds is 5. The summed E-state index contributed by atoms with van der Waals surface area (Å²) in [7, 11) is 0. The Kier molecular flexibility index (Phi) is 4.63. The fraction of sp³-hybridized carbons (Fsp3) is 0.294. The summed E-state index contributed by atoms with van der Waals surface area (Å²) in [5.41, 5.74) is 2.42. The highest BCUT2D eigenvalue weighted by Crippen LogP contribution is 2.33. The van der Waals surface area contributed by atoms with Gasteiger partial charge in [0.25, 0.3) is 0 Å². The number of nitrogens with one attached hydrogen (secondary N) is 1. The van der Waals surface area contributed by atoms with Crippen molar-refractivity contribution in [2.75, 3.05) is 19.8 Å². The maximum absolute atomic E-state index is 5.88. The topological polar surface area (TPSA) is 30.5 Å². The predicted octanol–water partition coefficient (Wildman–Crippen LogP) is 3.44. The van der Waals surface area contributed by atoms with Crippen LogP contribution < -0.4 is 14.8 Å². The molecule has 0 radical (unpaired) electrons. The molecule has 0 amide bonds. The molecule has 0 spiro atoms. The summed E-state index contributed by atoms with van der Waals surface area (Å²) in [5.74, 6) is 1.72. The number of halogens is 1. The van der Waals surface area contributed by atoms with Gasteiger partial charge in [-0.2, -0.15) is 0 Å². The molecule has 0 aromatic heterocycles. The van der Waals surface area contributed by atoms with Crippen molar-refractivity contribution in [3.63, 3.8) is 0 Å². The van der Waals surface area contributed by atoms with Crippen LogP contribution in [-0.4, -0.2) is 19.8 Å². The summed E-state index contributed by atoms with van der Waals surface area (Å²) < 4.78 is 11.3. The van der Waals surface area contributed by atoms with E-state index in [9.17, 15) is 0 Å². The lowest BCUT2D eigenvalue weighted by Gasteiger charge is -2.21. The second-order valence-corrected chi connectivity index (χ2v) is 5.43. The summed E-state index contributed by atoms with van der Waals surface area (Å²) in [4.78, 5) is 0. The zero-order valence-electron chi connectivity index (χ0n) is 11.8. The Balaban J connectivity index is 1.53. The molecule has 110 valence electrons. The molecule has 0 aliphatic carbocycles. The van der Waals surface area contributed by atoms with Crippen LogP contribution in [-0.2, 0) is 13.0 Å². The van der Waals surface area contributed by atoms with Crippen LogP contribution >= 0.6 is 11.6 Å². The maximum Gasteiger partial charge on any atom is 0.165 e. The van der Waals surface area contributed by atoms with E-state index in [1.54, 1.807) is 0 Å². The number of hydrogen-bond donors (Lipinski definition) is 1. The van der Waals surface area contributed by atoms with Crippen LogP contribution in [0, 0.1) is 0 Å². The average molecular weight is 304 g/mol. The highest BCUT2D eigenvalue weighted by Gasteiger charge is 2.14. The fourth-order valence-electron chi connectivity index (χ4n) is 2.38. The van der Waals surface area contributed by atoms with Crippen molar-refractivity contribution in [3.8, 4) is 11.5 Å². The molecule has 0 unspecified atom stereocenters. The minimum Gasteiger partial charge on any atom is -0.486 e. The monoisotopic (exact) mass is 303 g/mol. The van der Waals surface area contributed by atoms with E-state index in [-0.39, 0.29) is 0 Å². The van der Waals surface area contributed by atoms with Crippen LogP contribution in [0.25, 0.3) is 0 Å². The standard InChI is InChI=1S/C17H18ClNO2/c18-15-6-4-13(5-7-15)8-9-19-12-14-2-1-3-16-17(14)21-11-10-20-16/h1-7,19H,8-12H2. The van der Waals surface area contributed by atoms with Crippen LogP contribution in [0.2, 0.25) is 5.02 Å². The molecule has 0 saturated heterocycles. The zero-order valence-corrected chi connectivity index (χ0v) is 12.5. The third-order valence-electron chi connectivity index (χ3n) is 3.47. The van der Waals surface area contributed by atoms with Gasteiger partial charge in [0.1, 0.15) is 13.2 Å². The Bertz CT molecular complexity index is 598. The number of benzene rings is 2. The van der Waals surface area contributed by atoms with Crippen LogP contribution in [0.1, 0.15) is 11.1 Å². The Morgan fingerprint density at radius 3 is 2.67 bits per heavy atom. The SMILES string of the molecule is Clc1ccc(CCNCc2cccc3c2OCCO3)cc1. The molecule has 4 heteroatoms. The predicted molar refractivity (Wildman–Crippen MR) is 84.3 cm³/mol. The van der Waals surface area contributed by atoms with Crippen molar-refractivity contribution in [1.82, 2.24) is 5.32 Å². The number of fused-ring (bicyclic) bond motifs is 1. The first-order valence-electron chi connectivity index (χ1n) is 7.15. The van der Waals surface area contributed by atoms with Crippen molar-refractivity contribution >= 4 is 11.6 Å². The molecule has 0 bridgehead atoms. The molecule has 21 heavy (non-hydrogen) atoms. The van der Waals surface area contributed by atoms with Gasteiger partial charge in [-0.15, -0.1) is 0 Å². The Labute approximate surface area is 129 Å². The lowest BCUT2D eigenvalue weighted by molar-refractivity contribution is 0.169. The first kappa shape index (κ1) is 14.2. The van der Waals surface area contributed by atoms with Crippen LogP contribution in [0.5, 0.6) is 11.5 Å². The van der Waals surface area contributed by atoms with Crippen molar-refractivity contribution in [3.05, 3.63) is 58.6 Å². The van der Waals surface area contributed by atoms with Gasteiger partial charge < -0.3 is 14.8 Å². The summed E-state index contributed by atoms with van der Waals surface area (Å²) in [6.45, 7) is 2.93. The zero-order chi connectivity index (χ0) is 14.5. The summed E-state index contributed by atoms with van der Waals surface area (Å²) >= 11 is 5.88. The first-order chi connectivity index (χ1) is 10.3. The Hall–Kier alpha value is -1.71. The van der Waals surface area contributed by atoms with Gasteiger partial charge in [0.05, 0.1) is 0 Å². The Morgan fingerprint density at radius 1 is 1.00 bits per heavy atom. The minimum atomic E-state index is 0.620. The van der Waals surface area contributed by atoms with E-state index in [0.29, 0.717) is 13.2 Å². The van der Waals surface area contributed by atoms with E-state index in [4.69, 9.17) is 21.1 Å². The molecule has 1 N–H and O–H groups in total. The quantitative estimate of drug-likeness (QED) is 0.858. The van der Waals surface area contributed by atoms with Gasteiger partial charge in [-0.25, -0.2) is 0 Å². The van der Waals surface area contributed by atoms with Crippen LogP contribution in [0.3, 0.4) is 0 Å². The van der Waals surface area contributed by atoms with E-state index in [1.165, 1.54) is 5.56 Å². The molecule has 1 heterocycles. The van der Waals surface area contributed by atoms with Crippen molar-refractivity contribution in [2.24, 2.45) is 0 Å². The maximum atomic E-state index is 5.88. The summed E-state index contributed by atoms with van der Waals surface area (Å²) in [6.07, 6.45) is 0.976. The van der Waals surface area contributed by atoms with E-state index >= 15 is 0 Å². The van der Waals surface area contributed by atoms with E-state index < -0.39 is 0 Å².